The molecule has 0 spiro atoms. The predicted molar refractivity (Wildman–Crippen MR) is 72.9 cm³/mol. The van der Waals surface area contributed by atoms with Gasteiger partial charge in [0.2, 0.25) is 0 Å². The van der Waals surface area contributed by atoms with E-state index in [2.05, 4.69) is 25.6 Å². The lowest BCUT2D eigenvalue weighted by Crippen LogP contribution is -2.02. The first-order chi connectivity index (χ1) is 9.35. The van der Waals surface area contributed by atoms with Crippen LogP contribution in [-0.2, 0) is 6.54 Å². The minimum Gasteiger partial charge on any atom is -0.443 e. The van der Waals surface area contributed by atoms with Gasteiger partial charge in [-0.25, -0.2) is 15.0 Å². The lowest BCUT2D eigenvalue weighted by Gasteiger charge is -2.06. The van der Waals surface area contributed by atoms with E-state index in [1.807, 2.05) is 31.3 Å². The van der Waals surface area contributed by atoms with Gasteiger partial charge in [0.05, 0.1) is 0 Å². The first kappa shape index (κ1) is 11.5. The molecule has 0 radical (unpaired) electrons. The van der Waals surface area contributed by atoms with E-state index < -0.39 is 0 Å². The molecule has 0 amide bonds. The van der Waals surface area contributed by atoms with Crippen LogP contribution in [-0.4, -0.2) is 22.0 Å². The average molecular weight is 255 g/mol. The molecule has 0 bridgehead atoms. The van der Waals surface area contributed by atoms with Crippen LogP contribution in [0.2, 0.25) is 0 Å². The number of fused-ring (bicyclic) bond motifs is 1. The van der Waals surface area contributed by atoms with Crippen molar-refractivity contribution >= 4 is 22.7 Å². The summed E-state index contributed by atoms with van der Waals surface area (Å²) in [6.07, 6.45) is 2.97. The largest absolute Gasteiger partial charge is 0.443 e. The van der Waals surface area contributed by atoms with Gasteiger partial charge in [-0.2, -0.15) is 0 Å². The van der Waals surface area contributed by atoms with Crippen molar-refractivity contribution in [2.45, 2.75) is 6.54 Å². The minimum atomic E-state index is 0.663. The maximum Gasteiger partial charge on any atom is 0.181 e. The molecule has 96 valence electrons. The van der Waals surface area contributed by atoms with E-state index in [9.17, 15) is 0 Å². The maximum atomic E-state index is 5.27. The number of anilines is 2. The highest BCUT2D eigenvalue weighted by molar-refractivity contribution is 5.72. The summed E-state index contributed by atoms with van der Waals surface area (Å²) >= 11 is 0. The monoisotopic (exact) mass is 255 g/mol. The number of nitrogens with zero attached hydrogens (tertiary/aromatic N) is 3. The summed E-state index contributed by atoms with van der Waals surface area (Å²) in [4.78, 5) is 12.3. The molecule has 0 saturated carbocycles. The Morgan fingerprint density at radius 1 is 1.11 bits per heavy atom. The molecule has 2 heterocycles. The first-order valence-corrected chi connectivity index (χ1v) is 5.91. The fraction of sp³-hybridized carbons (Fsp3) is 0.154. The highest BCUT2D eigenvalue weighted by atomic mass is 16.3. The van der Waals surface area contributed by atoms with Gasteiger partial charge in [-0.15, -0.1) is 0 Å². The van der Waals surface area contributed by atoms with Crippen molar-refractivity contribution in [1.82, 2.24) is 15.0 Å². The molecule has 3 rings (SSSR count). The van der Waals surface area contributed by atoms with Gasteiger partial charge in [-0.3, -0.25) is 0 Å². The summed E-state index contributed by atoms with van der Waals surface area (Å²) in [5.74, 6) is 1.56. The van der Waals surface area contributed by atoms with Gasteiger partial charge < -0.3 is 15.1 Å². The molecule has 6 nitrogen and oxygen atoms in total. The second-order valence-electron chi connectivity index (χ2n) is 4.05. The van der Waals surface area contributed by atoms with Crippen LogP contribution < -0.4 is 10.6 Å². The van der Waals surface area contributed by atoms with Gasteiger partial charge in [0.15, 0.2) is 12.0 Å². The van der Waals surface area contributed by atoms with Crippen LogP contribution in [0.4, 0.5) is 11.6 Å². The molecule has 0 fully saturated rings. The van der Waals surface area contributed by atoms with Gasteiger partial charge >= 0.3 is 0 Å². The van der Waals surface area contributed by atoms with Gasteiger partial charge in [0.1, 0.15) is 23.5 Å². The molecule has 6 heteroatoms. The zero-order valence-electron chi connectivity index (χ0n) is 10.4. The number of benzene rings is 1. The van der Waals surface area contributed by atoms with E-state index >= 15 is 0 Å². The van der Waals surface area contributed by atoms with E-state index in [1.54, 1.807) is 0 Å². The van der Waals surface area contributed by atoms with Crippen molar-refractivity contribution in [2.24, 2.45) is 0 Å². The predicted octanol–water partition coefficient (Wildman–Crippen LogP) is 2.27. The minimum absolute atomic E-state index is 0.663. The summed E-state index contributed by atoms with van der Waals surface area (Å²) in [6.45, 7) is 0.663. The van der Waals surface area contributed by atoms with Crippen LogP contribution in [0.5, 0.6) is 0 Å². The second kappa shape index (κ2) is 4.93. The van der Waals surface area contributed by atoms with Crippen molar-refractivity contribution < 1.29 is 4.42 Å². The fourth-order valence-corrected chi connectivity index (χ4v) is 1.79. The summed E-state index contributed by atoms with van der Waals surface area (Å²) in [7, 11) is 1.82. The van der Waals surface area contributed by atoms with Crippen molar-refractivity contribution in [3.63, 3.8) is 0 Å². The third-order valence-corrected chi connectivity index (χ3v) is 2.79. The van der Waals surface area contributed by atoms with Gasteiger partial charge in [-0.1, -0.05) is 6.07 Å². The van der Waals surface area contributed by atoms with Crippen molar-refractivity contribution in [3.8, 4) is 0 Å². The van der Waals surface area contributed by atoms with E-state index in [4.69, 9.17) is 4.42 Å². The van der Waals surface area contributed by atoms with E-state index in [0.717, 1.165) is 28.3 Å². The molecule has 2 aromatic heterocycles. The van der Waals surface area contributed by atoms with Gasteiger partial charge in [-0.05, 0) is 17.7 Å². The Morgan fingerprint density at radius 3 is 2.89 bits per heavy atom. The van der Waals surface area contributed by atoms with Gasteiger partial charge in [0, 0.05) is 19.7 Å². The van der Waals surface area contributed by atoms with Crippen LogP contribution in [0.1, 0.15) is 5.56 Å². The Morgan fingerprint density at radius 2 is 2.00 bits per heavy atom. The number of nitrogens with one attached hydrogen (secondary N) is 2. The zero-order chi connectivity index (χ0) is 13.1. The Hall–Kier alpha value is -2.63. The maximum absolute atomic E-state index is 5.27. The lowest BCUT2D eigenvalue weighted by molar-refractivity contribution is 0.602. The molecule has 0 unspecified atom stereocenters. The molecule has 0 aliphatic heterocycles. The summed E-state index contributed by atoms with van der Waals surface area (Å²) in [6, 6.07) is 7.77. The molecule has 0 atom stereocenters. The normalized spacial score (nSPS) is 10.6. The molecule has 1 aromatic carbocycles. The molecule has 19 heavy (non-hydrogen) atoms. The standard InChI is InChI=1S/C13H13N5O/c1-14-12-5-13(17-7-16-12)15-6-9-2-3-10-11(4-9)19-8-18-10/h2-5,7-8H,6H2,1H3,(H2,14,15,16,17). The molecule has 3 aromatic rings. The Kier molecular flexibility index (Phi) is 2.97. The second-order valence-corrected chi connectivity index (χ2v) is 4.05. The molecular weight excluding hydrogens is 242 g/mol. The number of oxazole rings is 1. The molecule has 2 N–H and O–H groups in total. The number of hydrogen-bond acceptors (Lipinski definition) is 6. The Bertz CT molecular complexity index is 694. The summed E-state index contributed by atoms with van der Waals surface area (Å²) in [5, 5.41) is 6.21. The highest BCUT2D eigenvalue weighted by Crippen LogP contribution is 2.15. The van der Waals surface area contributed by atoms with Crippen LogP contribution in [0, 0.1) is 0 Å². The van der Waals surface area contributed by atoms with Crippen LogP contribution >= 0.6 is 0 Å². The molecular formula is C13H13N5O. The molecule has 0 saturated heterocycles. The van der Waals surface area contributed by atoms with Crippen molar-refractivity contribution in [2.75, 3.05) is 17.7 Å². The first-order valence-electron chi connectivity index (χ1n) is 5.91. The third kappa shape index (κ3) is 2.47. The van der Waals surface area contributed by atoms with Crippen LogP contribution in [0.15, 0.2) is 41.4 Å². The van der Waals surface area contributed by atoms with Crippen LogP contribution in [0.25, 0.3) is 11.1 Å². The highest BCUT2D eigenvalue weighted by Gasteiger charge is 2.01. The molecule has 0 aliphatic carbocycles. The number of rotatable bonds is 4. The Balaban J connectivity index is 1.74. The topological polar surface area (TPSA) is 75.9 Å². The quantitative estimate of drug-likeness (QED) is 0.744. The fourth-order valence-electron chi connectivity index (χ4n) is 1.79. The summed E-state index contributed by atoms with van der Waals surface area (Å²) < 4.78 is 5.27. The Labute approximate surface area is 109 Å². The smallest absolute Gasteiger partial charge is 0.181 e. The van der Waals surface area contributed by atoms with E-state index in [0.29, 0.717) is 6.54 Å². The van der Waals surface area contributed by atoms with E-state index in [1.165, 1.54) is 12.7 Å². The summed E-state index contributed by atoms with van der Waals surface area (Å²) in [5.41, 5.74) is 2.76. The third-order valence-electron chi connectivity index (χ3n) is 2.79. The average Bonchev–Trinajstić information content (AvgIpc) is 2.93. The van der Waals surface area contributed by atoms with Crippen LogP contribution in [0.3, 0.4) is 0 Å². The molecule has 0 aliphatic rings. The zero-order valence-corrected chi connectivity index (χ0v) is 10.4. The van der Waals surface area contributed by atoms with E-state index in [-0.39, 0.29) is 0 Å². The SMILES string of the molecule is CNc1cc(NCc2ccc3ncoc3c2)ncn1. The van der Waals surface area contributed by atoms with Crippen molar-refractivity contribution in [3.05, 3.63) is 42.5 Å². The lowest BCUT2D eigenvalue weighted by atomic mass is 10.2. The number of aromatic nitrogens is 3. The number of hydrogen-bond donors (Lipinski definition) is 2. The van der Waals surface area contributed by atoms with Gasteiger partial charge in [0.25, 0.3) is 0 Å². The van der Waals surface area contributed by atoms with Crippen molar-refractivity contribution in [1.29, 1.82) is 0 Å².